The van der Waals surface area contributed by atoms with E-state index in [0.717, 1.165) is 17.8 Å². The molecule has 0 atom stereocenters. The maximum atomic E-state index is 11.3. The van der Waals surface area contributed by atoms with Crippen LogP contribution in [0.3, 0.4) is 0 Å². The summed E-state index contributed by atoms with van der Waals surface area (Å²) in [6.07, 6.45) is 1.90. The summed E-state index contributed by atoms with van der Waals surface area (Å²) >= 11 is 0. The van der Waals surface area contributed by atoms with Crippen LogP contribution in [0.1, 0.15) is 19.8 Å². The van der Waals surface area contributed by atoms with Gasteiger partial charge in [-0.15, -0.1) is 0 Å². The largest absolute Gasteiger partial charge is 0.326 e. The molecule has 0 bridgehead atoms. The Labute approximate surface area is 94.2 Å². The lowest BCUT2D eigenvalue weighted by Gasteiger charge is -2.06. The van der Waals surface area contributed by atoms with Gasteiger partial charge in [0.15, 0.2) is 0 Å². The molecule has 0 aromatic heterocycles. The van der Waals surface area contributed by atoms with Gasteiger partial charge >= 0.3 is 0 Å². The molecule has 16 heavy (non-hydrogen) atoms. The van der Waals surface area contributed by atoms with Gasteiger partial charge in [-0.3, -0.25) is 20.4 Å². The molecule has 0 aliphatic carbocycles. The Hall–Kier alpha value is -2.04. The number of hydrogen-bond acceptors (Lipinski definition) is 3. The Morgan fingerprint density at radius 3 is 2.44 bits per heavy atom. The first-order chi connectivity index (χ1) is 7.76. The van der Waals surface area contributed by atoms with Crippen LogP contribution < -0.4 is 16.2 Å². The Bertz CT molecular complexity index is 349. The Morgan fingerprint density at radius 1 is 1.25 bits per heavy atom. The number of carbonyl (C=O) groups excluding carboxylic acids is 2. The number of carbonyl (C=O) groups is 2. The fourth-order valence-corrected chi connectivity index (χ4v) is 1.20. The average Bonchev–Trinajstić information content (AvgIpc) is 2.28. The number of amides is 2. The van der Waals surface area contributed by atoms with Gasteiger partial charge in [-0.25, -0.2) is 0 Å². The minimum absolute atomic E-state index is 0.00854. The highest BCUT2D eigenvalue weighted by molar-refractivity contribution is 5.90. The summed E-state index contributed by atoms with van der Waals surface area (Å²) in [6, 6.07) is 7.06. The molecule has 1 aromatic carbocycles. The van der Waals surface area contributed by atoms with Crippen LogP contribution in [0.2, 0.25) is 0 Å². The lowest BCUT2D eigenvalue weighted by atomic mass is 10.2. The van der Waals surface area contributed by atoms with Gasteiger partial charge in [-0.2, -0.15) is 0 Å². The normalized spacial score (nSPS) is 9.31. The summed E-state index contributed by atoms with van der Waals surface area (Å²) in [4.78, 5) is 21.3. The van der Waals surface area contributed by atoms with Gasteiger partial charge in [0, 0.05) is 12.1 Å². The van der Waals surface area contributed by atoms with E-state index in [1.54, 1.807) is 24.3 Å². The highest BCUT2D eigenvalue weighted by atomic mass is 16.1. The van der Waals surface area contributed by atoms with Gasteiger partial charge < -0.3 is 5.32 Å². The van der Waals surface area contributed by atoms with E-state index in [9.17, 15) is 9.59 Å². The van der Waals surface area contributed by atoms with Crippen LogP contribution in [0.15, 0.2) is 24.3 Å². The minimum atomic E-state index is 0.00854. The van der Waals surface area contributed by atoms with Crippen molar-refractivity contribution >= 4 is 23.7 Å². The molecule has 0 saturated heterocycles. The van der Waals surface area contributed by atoms with Gasteiger partial charge in [0.25, 0.3) is 0 Å². The molecule has 0 aliphatic rings. The van der Waals surface area contributed by atoms with Crippen molar-refractivity contribution in [1.82, 2.24) is 5.43 Å². The van der Waals surface area contributed by atoms with Crippen molar-refractivity contribution in [3.8, 4) is 0 Å². The van der Waals surface area contributed by atoms with Crippen LogP contribution in [0, 0.1) is 0 Å². The number of rotatable bonds is 6. The van der Waals surface area contributed by atoms with Crippen LogP contribution >= 0.6 is 0 Å². The second kappa shape index (κ2) is 6.44. The van der Waals surface area contributed by atoms with E-state index < -0.39 is 0 Å². The molecule has 1 aromatic rings. The molecule has 5 nitrogen and oxygen atoms in total. The molecule has 0 aliphatic heterocycles. The van der Waals surface area contributed by atoms with Crippen molar-refractivity contribution in [2.75, 3.05) is 10.7 Å². The average molecular weight is 221 g/mol. The SMILES string of the molecule is CCCC(=O)Nc1ccc(NNC=O)cc1. The summed E-state index contributed by atoms with van der Waals surface area (Å²) in [5, 5.41) is 2.77. The summed E-state index contributed by atoms with van der Waals surface area (Å²) < 4.78 is 0. The zero-order valence-corrected chi connectivity index (χ0v) is 9.12. The van der Waals surface area contributed by atoms with Crippen LogP contribution in [0.25, 0.3) is 0 Å². The first-order valence-electron chi connectivity index (χ1n) is 5.11. The molecule has 0 radical (unpaired) electrons. The lowest BCUT2D eigenvalue weighted by molar-refractivity contribution is -0.116. The standard InChI is InChI=1S/C11H15N3O2/c1-2-3-11(16)13-9-4-6-10(7-5-9)14-12-8-15/h4-8,14H,2-3H2,1H3,(H,12,15)(H,13,16). The third-order valence-corrected chi connectivity index (χ3v) is 1.92. The molecular formula is C11H15N3O2. The summed E-state index contributed by atoms with van der Waals surface area (Å²) in [5.41, 5.74) is 6.49. The predicted molar refractivity (Wildman–Crippen MR) is 62.8 cm³/mol. The molecule has 0 spiro atoms. The second-order valence-electron chi connectivity index (χ2n) is 3.26. The third-order valence-electron chi connectivity index (χ3n) is 1.92. The van der Waals surface area contributed by atoms with Crippen molar-refractivity contribution in [3.05, 3.63) is 24.3 Å². The number of benzene rings is 1. The van der Waals surface area contributed by atoms with Gasteiger partial charge in [-0.1, -0.05) is 6.92 Å². The third kappa shape index (κ3) is 4.00. The molecule has 3 N–H and O–H groups in total. The molecule has 5 heteroatoms. The molecule has 0 unspecified atom stereocenters. The molecule has 1 rings (SSSR count). The van der Waals surface area contributed by atoms with Crippen molar-refractivity contribution in [2.45, 2.75) is 19.8 Å². The van der Waals surface area contributed by atoms with Crippen molar-refractivity contribution in [3.63, 3.8) is 0 Å². The van der Waals surface area contributed by atoms with Crippen LogP contribution in [0.4, 0.5) is 11.4 Å². The molecule has 86 valence electrons. The van der Waals surface area contributed by atoms with E-state index in [-0.39, 0.29) is 5.91 Å². The second-order valence-corrected chi connectivity index (χ2v) is 3.26. The highest BCUT2D eigenvalue weighted by Crippen LogP contribution is 2.12. The molecule has 2 amide bonds. The van der Waals surface area contributed by atoms with Crippen LogP contribution in [-0.4, -0.2) is 12.3 Å². The van der Waals surface area contributed by atoms with Crippen molar-refractivity contribution in [1.29, 1.82) is 0 Å². The Balaban J connectivity index is 2.50. The number of hydrogen-bond donors (Lipinski definition) is 3. The first-order valence-corrected chi connectivity index (χ1v) is 5.11. The zero-order chi connectivity index (χ0) is 11.8. The summed E-state index contributed by atoms with van der Waals surface area (Å²) in [5.74, 6) is 0.00854. The van der Waals surface area contributed by atoms with Gasteiger partial charge in [-0.05, 0) is 30.7 Å². The fraction of sp³-hybridized carbons (Fsp3) is 0.273. The van der Waals surface area contributed by atoms with E-state index >= 15 is 0 Å². The first kappa shape index (κ1) is 12.0. The molecule has 0 saturated carbocycles. The van der Waals surface area contributed by atoms with Crippen LogP contribution in [-0.2, 0) is 9.59 Å². The van der Waals surface area contributed by atoms with Gasteiger partial charge in [0.05, 0.1) is 5.69 Å². The minimum Gasteiger partial charge on any atom is -0.326 e. The smallest absolute Gasteiger partial charge is 0.225 e. The van der Waals surface area contributed by atoms with Gasteiger partial charge in [0.2, 0.25) is 12.3 Å². The summed E-state index contributed by atoms with van der Waals surface area (Å²) in [7, 11) is 0. The highest BCUT2D eigenvalue weighted by Gasteiger charge is 2.00. The Kier molecular flexibility index (Phi) is 4.85. The van der Waals surface area contributed by atoms with E-state index in [4.69, 9.17) is 0 Å². The number of nitrogens with one attached hydrogen (secondary N) is 3. The molecule has 0 fully saturated rings. The maximum absolute atomic E-state index is 11.3. The predicted octanol–water partition coefficient (Wildman–Crippen LogP) is 1.50. The lowest BCUT2D eigenvalue weighted by Crippen LogP contribution is -2.18. The fourth-order valence-electron chi connectivity index (χ4n) is 1.20. The number of anilines is 2. The molecular weight excluding hydrogens is 206 g/mol. The monoisotopic (exact) mass is 221 g/mol. The Morgan fingerprint density at radius 2 is 1.88 bits per heavy atom. The van der Waals surface area contributed by atoms with Crippen molar-refractivity contribution in [2.24, 2.45) is 0 Å². The van der Waals surface area contributed by atoms with E-state index in [0.29, 0.717) is 12.8 Å². The molecule has 0 heterocycles. The quantitative estimate of drug-likeness (QED) is 0.503. The van der Waals surface area contributed by atoms with Crippen LogP contribution in [0.5, 0.6) is 0 Å². The van der Waals surface area contributed by atoms with E-state index in [1.165, 1.54) is 0 Å². The van der Waals surface area contributed by atoms with Crippen molar-refractivity contribution < 1.29 is 9.59 Å². The van der Waals surface area contributed by atoms with Gasteiger partial charge in [0.1, 0.15) is 0 Å². The van der Waals surface area contributed by atoms with E-state index in [2.05, 4.69) is 16.2 Å². The number of hydrazine groups is 1. The maximum Gasteiger partial charge on any atom is 0.225 e. The topological polar surface area (TPSA) is 70.2 Å². The van der Waals surface area contributed by atoms with E-state index in [1.807, 2.05) is 6.92 Å². The zero-order valence-electron chi connectivity index (χ0n) is 9.12. The summed E-state index contributed by atoms with van der Waals surface area (Å²) in [6.45, 7) is 1.96.